The van der Waals surface area contributed by atoms with Crippen LogP contribution in [0.3, 0.4) is 0 Å². The second-order valence-corrected chi connectivity index (χ2v) is 4.68. The molecule has 3 nitrogen and oxygen atoms in total. The Hall–Kier alpha value is -0.450. The van der Waals surface area contributed by atoms with E-state index in [-0.39, 0.29) is 0 Å². The highest BCUT2D eigenvalue weighted by Gasteiger charge is 2.08. The van der Waals surface area contributed by atoms with Crippen LogP contribution in [0.4, 0.5) is 0 Å². The second-order valence-electron chi connectivity index (χ2n) is 3.29. The number of nitrogens with one attached hydrogen (secondary N) is 1. The Morgan fingerprint density at radius 2 is 2.47 bits per heavy atom. The van der Waals surface area contributed by atoms with Gasteiger partial charge in [-0.05, 0) is 36.6 Å². The molecule has 86 valence electrons. The lowest BCUT2D eigenvalue weighted by atomic mass is 10.3. The van der Waals surface area contributed by atoms with Crippen LogP contribution < -0.4 is 5.32 Å². The summed E-state index contributed by atoms with van der Waals surface area (Å²) in [6.07, 6.45) is 2.19. The van der Waals surface area contributed by atoms with Crippen molar-refractivity contribution in [3.8, 4) is 0 Å². The Bertz CT molecular complexity index is 239. The maximum absolute atomic E-state index is 9.65. The summed E-state index contributed by atoms with van der Waals surface area (Å²) >= 11 is 1.94. The van der Waals surface area contributed by atoms with Gasteiger partial charge in [-0.15, -0.1) is 0 Å². The van der Waals surface area contributed by atoms with Gasteiger partial charge in [0.25, 0.3) is 0 Å². The van der Waals surface area contributed by atoms with E-state index in [4.69, 9.17) is 4.42 Å². The molecule has 0 aliphatic carbocycles. The first-order chi connectivity index (χ1) is 7.34. The van der Waals surface area contributed by atoms with Crippen LogP contribution in [-0.2, 0) is 0 Å². The Morgan fingerprint density at radius 3 is 3.13 bits per heavy atom. The number of hydrogen-bond acceptors (Lipinski definition) is 4. The van der Waals surface area contributed by atoms with E-state index in [0.717, 1.165) is 13.0 Å². The van der Waals surface area contributed by atoms with Crippen molar-refractivity contribution in [2.75, 3.05) is 24.6 Å². The molecule has 1 atom stereocenters. The van der Waals surface area contributed by atoms with E-state index in [1.54, 1.807) is 18.4 Å². The Balaban J connectivity index is 2.00. The highest BCUT2D eigenvalue weighted by atomic mass is 32.2. The minimum atomic E-state index is -0.529. The summed E-state index contributed by atoms with van der Waals surface area (Å²) in [6.45, 7) is 3.67. The van der Waals surface area contributed by atoms with E-state index < -0.39 is 6.10 Å². The molecule has 0 saturated carbocycles. The first-order valence-corrected chi connectivity index (χ1v) is 6.50. The van der Waals surface area contributed by atoms with Gasteiger partial charge in [0.2, 0.25) is 0 Å². The lowest BCUT2D eigenvalue weighted by Gasteiger charge is -2.08. The highest BCUT2D eigenvalue weighted by Crippen LogP contribution is 2.11. The molecule has 0 spiro atoms. The van der Waals surface area contributed by atoms with E-state index in [0.29, 0.717) is 12.3 Å². The van der Waals surface area contributed by atoms with Gasteiger partial charge < -0.3 is 14.8 Å². The van der Waals surface area contributed by atoms with Gasteiger partial charge in [0.15, 0.2) is 0 Å². The van der Waals surface area contributed by atoms with Gasteiger partial charge in [-0.2, -0.15) is 11.8 Å². The highest BCUT2D eigenvalue weighted by molar-refractivity contribution is 7.99. The van der Waals surface area contributed by atoms with Crippen molar-refractivity contribution in [2.24, 2.45) is 0 Å². The zero-order valence-corrected chi connectivity index (χ0v) is 9.93. The van der Waals surface area contributed by atoms with Crippen molar-refractivity contribution in [3.63, 3.8) is 0 Å². The van der Waals surface area contributed by atoms with Crippen LogP contribution >= 0.6 is 11.8 Å². The summed E-state index contributed by atoms with van der Waals surface area (Å²) in [7, 11) is 0. The quantitative estimate of drug-likeness (QED) is 0.670. The molecule has 0 aliphatic rings. The zero-order valence-electron chi connectivity index (χ0n) is 9.11. The van der Waals surface area contributed by atoms with Gasteiger partial charge in [-0.1, -0.05) is 6.92 Å². The number of hydrogen-bond donors (Lipinski definition) is 2. The molecule has 0 amide bonds. The number of thioether (sulfide) groups is 1. The summed E-state index contributed by atoms with van der Waals surface area (Å²) < 4.78 is 5.10. The molecule has 15 heavy (non-hydrogen) atoms. The van der Waals surface area contributed by atoms with E-state index in [1.165, 1.54) is 11.5 Å². The number of aliphatic hydroxyl groups excluding tert-OH is 1. The van der Waals surface area contributed by atoms with Gasteiger partial charge in [0.05, 0.1) is 6.26 Å². The predicted octanol–water partition coefficient (Wildman–Crippen LogP) is 2.05. The lowest BCUT2D eigenvalue weighted by Crippen LogP contribution is -2.22. The summed E-state index contributed by atoms with van der Waals surface area (Å²) in [6, 6.07) is 3.58. The smallest absolute Gasteiger partial charge is 0.133 e. The molecule has 1 aromatic rings. The van der Waals surface area contributed by atoms with Crippen LogP contribution in [0.1, 0.15) is 25.2 Å². The monoisotopic (exact) mass is 229 g/mol. The van der Waals surface area contributed by atoms with Crippen molar-refractivity contribution >= 4 is 11.8 Å². The van der Waals surface area contributed by atoms with Crippen molar-refractivity contribution in [2.45, 2.75) is 19.4 Å². The van der Waals surface area contributed by atoms with Gasteiger partial charge in [-0.3, -0.25) is 0 Å². The number of rotatable bonds is 8. The van der Waals surface area contributed by atoms with Crippen LogP contribution in [0.5, 0.6) is 0 Å². The third-order valence-electron chi connectivity index (χ3n) is 2.06. The summed E-state index contributed by atoms with van der Waals surface area (Å²) in [5, 5.41) is 12.9. The molecule has 1 heterocycles. The number of furan rings is 1. The predicted molar refractivity (Wildman–Crippen MR) is 64.2 cm³/mol. The Labute approximate surface area is 95.2 Å². The van der Waals surface area contributed by atoms with Crippen LogP contribution in [0.15, 0.2) is 22.8 Å². The van der Waals surface area contributed by atoms with Gasteiger partial charge in [0, 0.05) is 6.54 Å². The fraction of sp³-hybridized carbons (Fsp3) is 0.636. The molecule has 4 heteroatoms. The van der Waals surface area contributed by atoms with Crippen LogP contribution in [0.2, 0.25) is 0 Å². The van der Waals surface area contributed by atoms with Gasteiger partial charge >= 0.3 is 0 Å². The molecule has 1 rings (SSSR count). The molecule has 0 aromatic carbocycles. The molecule has 1 aromatic heterocycles. The molecule has 0 fully saturated rings. The SMILES string of the molecule is CCSCCCNCC(O)c1ccco1. The average molecular weight is 229 g/mol. The van der Waals surface area contributed by atoms with Gasteiger partial charge in [0.1, 0.15) is 11.9 Å². The molecule has 0 saturated heterocycles. The van der Waals surface area contributed by atoms with E-state index >= 15 is 0 Å². The van der Waals surface area contributed by atoms with Crippen molar-refractivity contribution in [3.05, 3.63) is 24.2 Å². The Morgan fingerprint density at radius 1 is 1.60 bits per heavy atom. The summed E-state index contributed by atoms with van der Waals surface area (Å²) in [5.74, 6) is 2.99. The molecular weight excluding hydrogens is 210 g/mol. The summed E-state index contributed by atoms with van der Waals surface area (Å²) in [4.78, 5) is 0. The molecular formula is C11H19NO2S. The molecule has 1 unspecified atom stereocenters. The average Bonchev–Trinajstić information content (AvgIpc) is 2.76. The number of aliphatic hydroxyl groups is 1. The maximum Gasteiger partial charge on any atom is 0.133 e. The summed E-state index contributed by atoms with van der Waals surface area (Å²) in [5.41, 5.74) is 0. The standard InChI is InChI=1S/C11H19NO2S/c1-2-15-8-4-6-12-9-10(13)11-5-3-7-14-11/h3,5,7,10,12-13H,2,4,6,8-9H2,1H3. The van der Waals surface area contributed by atoms with Crippen LogP contribution in [0.25, 0.3) is 0 Å². The van der Waals surface area contributed by atoms with Crippen LogP contribution in [0, 0.1) is 0 Å². The third-order valence-corrected chi connectivity index (χ3v) is 3.04. The van der Waals surface area contributed by atoms with E-state index in [2.05, 4.69) is 12.2 Å². The fourth-order valence-corrected chi connectivity index (χ4v) is 1.90. The lowest BCUT2D eigenvalue weighted by molar-refractivity contribution is 0.148. The molecule has 2 N–H and O–H groups in total. The first kappa shape index (κ1) is 12.6. The molecule has 0 aliphatic heterocycles. The van der Waals surface area contributed by atoms with E-state index in [9.17, 15) is 5.11 Å². The normalized spacial score (nSPS) is 12.9. The van der Waals surface area contributed by atoms with Crippen molar-refractivity contribution in [1.29, 1.82) is 0 Å². The molecule has 0 radical (unpaired) electrons. The minimum absolute atomic E-state index is 0.529. The maximum atomic E-state index is 9.65. The topological polar surface area (TPSA) is 45.4 Å². The van der Waals surface area contributed by atoms with E-state index in [1.807, 2.05) is 11.8 Å². The first-order valence-electron chi connectivity index (χ1n) is 5.34. The zero-order chi connectivity index (χ0) is 10.9. The second kappa shape index (κ2) is 7.79. The van der Waals surface area contributed by atoms with Crippen LogP contribution in [-0.4, -0.2) is 29.7 Å². The van der Waals surface area contributed by atoms with Gasteiger partial charge in [-0.25, -0.2) is 0 Å². The van der Waals surface area contributed by atoms with Crippen molar-refractivity contribution < 1.29 is 9.52 Å². The minimum Gasteiger partial charge on any atom is -0.467 e. The largest absolute Gasteiger partial charge is 0.467 e. The Kier molecular flexibility index (Phi) is 6.55. The third kappa shape index (κ3) is 5.25. The fourth-order valence-electron chi connectivity index (χ4n) is 1.26. The molecule has 0 bridgehead atoms. The van der Waals surface area contributed by atoms with Crippen molar-refractivity contribution in [1.82, 2.24) is 5.32 Å².